The van der Waals surface area contributed by atoms with Crippen molar-refractivity contribution in [3.8, 4) is 0 Å². The zero-order chi connectivity index (χ0) is 16.1. The summed E-state index contributed by atoms with van der Waals surface area (Å²) in [5, 5.41) is 2.80. The summed E-state index contributed by atoms with van der Waals surface area (Å²) in [5.74, 6) is -0.742. The molecule has 0 radical (unpaired) electrons. The van der Waals surface area contributed by atoms with E-state index >= 15 is 0 Å². The minimum Gasteiger partial charge on any atom is -0.465 e. The quantitative estimate of drug-likeness (QED) is 0.882. The Morgan fingerprint density at radius 1 is 1.00 bits per heavy atom. The molecule has 1 amide bonds. The minimum atomic E-state index is -0.468. The number of amides is 1. The Hall–Kier alpha value is -2.82. The highest BCUT2D eigenvalue weighted by molar-refractivity contribution is 6.05. The average Bonchev–Trinajstić information content (AvgIpc) is 2.54. The molecule has 1 N–H and O–H groups in total. The van der Waals surface area contributed by atoms with Gasteiger partial charge in [-0.25, -0.2) is 4.79 Å². The van der Waals surface area contributed by atoms with Crippen LogP contribution in [-0.2, 0) is 4.74 Å². The topological polar surface area (TPSA) is 58.6 Å². The van der Waals surface area contributed by atoms with Gasteiger partial charge in [0.2, 0.25) is 0 Å². The van der Waals surface area contributed by atoms with Crippen molar-refractivity contribution in [3.05, 3.63) is 59.7 Å². The van der Waals surface area contributed by atoms with E-state index in [0.29, 0.717) is 16.8 Å². The zero-order valence-corrected chi connectivity index (χ0v) is 12.8. The molecule has 0 spiro atoms. The molecule has 0 atom stereocenters. The number of ether oxygens (including phenoxy) is 1. The van der Waals surface area contributed by atoms with Gasteiger partial charge in [0, 0.05) is 31.0 Å². The Bertz CT molecular complexity index is 679. The van der Waals surface area contributed by atoms with Crippen molar-refractivity contribution in [2.45, 2.75) is 0 Å². The number of hydrogen-bond acceptors (Lipinski definition) is 4. The van der Waals surface area contributed by atoms with Gasteiger partial charge in [-0.05, 0) is 42.5 Å². The molecule has 0 saturated carbocycles. The molecule has 22 heavy (non-hydrogen) atoms. The van der Waals surface area contributed by atoms with Crippen LogP contribution in [0.3, 0.4) is 0 Å². The molecule has 0 saturated heterocycles. The molecule has 0 unspecified atom stereocenters. The Labute approximate surface area is 129 Å². The van der Waals surface area contributed by atoms with Crippen LogP contribution in [0, 0.1) is 0 Å². The fourth-order valence-corrected chi connectivity index (χ4v) is 1.95. The molecule has 0 bridgehead atoms. The lowest BCUT2D eigenvalue weighted by atomic mass is 10.1. The molecule has 0 fully saturated rings. The number of methoxy groups -OCH3 is 1. The molecule has 2 aromatic carbocycles. The van der Waals surface area contributed by atoms with E-state index in [1.807, 2.05) is 43.3 Å². The first-order valence-corrected chi connectivity index (χ1v) is 6.78. The van der Waals surface area contributed by atoms with Gasteiger partial charge in [-0.15, -0.1) is 0 Å². The maximum absolute atomic E-state index is 12.2. The Kier molecular flexibility index (Phi) is 4.78. The van der Waals surface area contributed by atoms with Gasteiger partial charge in [-0.3, -0.25) is 4.79 Å². The third-order valence-electron chi connectivity index (χ3n) is 3.19. The Morgan fingerprint density at radius 3 is 2.23 bits per heavy atom. The second kappa shape index (κ2) is 6.76. The molecule has 0 heterocycles. The number of hydrogen-bond donors (Lipinski definition) is 1. The summed E-state index contributed by atoms with van der Waals surface area (Å²) < 4.78 is 4.65. The number of esters is 1. The summed E-state index contributed by atoms with van der Waals surface area (Å²) in [4.78, 5) is 25.7. The summed E-state index contributed by atoms with van der Waals surface area (Å²) in [5.41, 5.74) is 2.49. The summed E-state index contributed by atoms with van der Waals surface area (Å²) in [6, 6.07) is 13.9. The number of nitrogens with one attached hydrogen (secondary N) is 1. The van der Waals surface area contributed by atoms with Crippen molar-refractivity contribution < 1.29 is 14.3 Å². The summed E-state index contributed by atoms with van der Waals surface area (Å²) in [6.07, 6.45) is 0. The van der Waals surface area contributed by atoms with E-state index < -0.39 is 5.97 Å². The number of carbonyl (C=O) groups excluding carboxylic acids is 2. The molecule has 5 heteroatoms. The highest BCUT2D eigenvalue weighted by Crippen LogP contribution is 2.17. The van der Waals surface area contributed by atoms with Gasteiger partial charge in [-0.2, -0.15) is 0 Å². The van der Waals surface area contributed by atoms with Crippen LogP contribution in [0.4, 0.5) is 11.4 Å². The lowest BCUT2D eigenvalue weighted by molar-refractivity contribution is 0.0600. The van der Waals surface area contributed by atoms with Crippen LogP contribution in [-0.4, -0.2) is 33.1 Å². The van der Waals surface area contributed by atoms with E-state index in [1.165, 1.54) is 13.2 Å². The standard InChI is InChI=1S/C17H18N2O3/c1-19(2)15-9-7-14(8-10-15)18-16(20)12-5-4-6-13(11-12)17(21)22-3/h4-11H,1-3H3,(H,18,20). The second-order valence-corrected chi connectivity index (χ2v) is 4.97. The van der Waals surface area contributed by atoms with Gasteiger partial charge >= 0.3 is 5.97 Å². The van der Waals surface area contributed by atoms with Crippen LogP contribution in [0.2, 0.25) is 0 Å². The van der Waals surface area contributed by atoms with E-state index in [0.717, 1.165) is 5.69 Å². The highest BCUT2D eigenvalue weighted by atomic mass is 16.5. The normalized spacial score (nSPS) is 9.95. The van der Waals surface area contributed by atoms with Crippen molar-refractivity contribution in [3.63, 3.8) is 0 Å². The van der Waals surface area contributed by atoms with Crippen molar-refractivity contribution in [2.24, 2.45) is 0 Å². The maximum Gasteiger partial charge on any atom is 0.337 e. The first kappa shape index (κ1) is 15.6. The predicted octanol–water partition coefficient (Wildman–Crippen LogP) is 2.79. The predicted molar refractivity (Wildman–Crippen MR) is 86.5 cm³/mol. The number of carbonyl (C=O) groups is 2. The Morgan fingerprint density at radius 2 is 1.64 bits per heavy atom. The SMILES string of the molecule is COC(=O)c1cccc(C(=O)Nc2ccc(N(C)C)cc2)c1. The van der Waals surface area contributed by atoms with Gasteiger partial charge in [0.15, 0.2) is 0 Å². The average molecular weight is 298 g/mol. The van der Waals surface area contributed by atoms with Crippen LogP contribution < -0.4 is 10.2 Å². The van der Waals surface area contributed by atoms with Crippen LogP contribution in [0.15, 0.2) is 48.5 Å². The number of anilines is 2. The van der Waals surface area contributed by atoms with Crippen molar-refractivity contribution in [1.82, 2.24) is 0 Å². The first-order chi connectivity index (χ1) is 10.5. The van der Waals surface area contributed by atoms with E-state index in [-0.39, 0.29) is 5.91 Å². The monoisotopic (exact) mass is 298 g/mol. The van der Waals surface area contributed by atoms with Gasteiger partial charge in [0.25, 0.3) is 5.91 Å². The van der Waals surface area contributed by atoms with Crippen molar-refractivity contribution in [1.29, 1.82) is 0 Å². The molecule has 0 aliphatic carbocycles. The summed E-state index contributed by atoms with van der Waals surface area (Å²) in [6.45, 7) is 0. The van der Waals surface area contributed by atoms with Crippen LogP contribution >= 0.6 is 0 Å². The van der Waals surface area contributed by atoms with E-state index in [2.05, 4.69) is 10.1 Å². The van der Waals surface area contributed by atoms with Gasteiger partial charge in [0.05, 0.1) is 12.7 Å². The largest absolute Gasteiger partial charge is 0.465 e. The summed E-state index contributed by atoms with van der Waals surface area (Å²) >= 11 is 0. The van der Waals surface area contributed by atoms with Crippen molar-refractivity contribution >= 4 is 23.3 Å². The van der Waals surface area contributed by atoms with Crippen LogP contribution in [0.25, 0.3) is 0 Å². The maximum atomic E-state index is 12.2. The second-order valence-electron chi connectivity index (χ2n) is 4.97. The molecule has 0 aromatic heterocycles. The minimum absolute atomic E-state index is 0.275. The van der Waals surface area contributed by atoms with Gasteiger partial charge in [0.1, 0.15) is 0 Å². The van der Waals surface area contributed by atoms with Crippen LogP contribution in [0.1, 0.15) is 20.7 Å². The molecular formula is C17H18N2O3. The lowest BCUT2D eigenvalue weighted by Crippen LogP contribution is -2.13. The van der Waals surface area contributed by atoms with E-state index in [4.69, 9.17) is 0 Å². The van der Waals surface area contributed by atoms with E-state index in [1.54, 1.807) is 18.2 Å². The smallest absolute Gasteiger partial charge is 0.337 e. The third-order valence-corrected chi connectivity index (χ3v) is 3.19. The lowest BCUT2D eigenvalue weighted by Gasteiger charge is -2.13. The third kappa shape index (κ3) is 3.63. The highest BCUT2D eigenvalue weighted by Gasteiger charge is 2.11. The first-order valence-electron chi connectivity index (χ1n) is 6.78. The van der Waals surface area contributed by atoms with E-state index in [9.17, 15) is 9.59 Å². The fourth-order valence-electron chi connectivity index (χ4n) is 1.95. The molecule has 0 aliphatic rings. The molecule has 0 aliphatic heterocycles. The molecule has 2 aromatic rings. The molecule has 5 nitrogen and oxygen atoms in total. The Balaban J connectivity index is 2.13. The van der Waals surface area contributed by atoms with Crippen LogP contribution in [0.5, 0.6) is 0 Å². The summed E-state index contributed by atoms with van der Waals surface area (Å²) in [7, 11) is 5.21. The molecule has 114 valence electrons. The van der Waals surface area contributed by atoms with Crippen molar-refractivity contribution in [2.75, 3.05) is 31.4 Å². The molecule has 2 rings (SSSR count). The number of rotatable bonds is 4. The fraction of sp³-hybridized carbons (Fsp3) is 0.176. The zero-order valence-electron chi connectivity index (χ0n) is 12.8. The number of benzene rings is 2. The number of nitrogens with zero attached hydrogens (tertiary/aromatic N) is 1. The van der Waals surface area contributed by atoms with Gasteiger partial charge < -0.3 is 15.0 Å². The molecular weight excluding hydrogens is 280 g/mol. The van der Waals surface area contributed by atoms with Gasteiger partial charge in [-0.1, -0.05) is 6.07 Å².